The van der Waals surface area contributed by atoms with Gasteiger partial charge in [-0.25, -0.2) is 0 Å². The summed E-state index contributed by atoms with van der Waals surface area (Å²) in [4.78, 5) is 11.3. The highest BCUT2D eigenvalue weighted by Gasteiger charge is 1.99. The number of aldehydes is 1. The third-order valence-corrected chi connectivity index (χ3v) is 2.62. The van der Waals surface area contributed by atoms with Crippen LogP contribution in [0.4, 0.5) is 0 Å². The molecule has 0 unspecified atom stereocenters. The molecule has 1 heterocycles. The summed E-state index contributed by atoms with van der Waals surface area (Å²) < 4.78 is 1.02. The lowest BCUT2D eigenvalue weighted by molar-refractivity contribution is 0.112. The summed E-state index contributed by atoms with van der Waals surface area (Å²) in [6.07, 6.45) is 0.872. The van der Waals surface area contributed by atoms with Crippen molar-refractivity contribution in [1.29, 1.82) is 0 Å². The van der Waals surface area contributed by atoms with Crippen molar-refractivity contribution < 1.29 is 4.79 Å². The maximum atomic E-state index is 10.2. The smallest absolute Gasteiger partial charge is 0.151 e. The fourth-order valence-corrected chi connectivity index (χ4v) is 2.25. The topological polar surface area (TPSA) is 17.1 Å². The van der Waals surface area contributed by atoms with E-state index in [1.165, 1.54) is 0 Å². The zero-order chi connectivity index (χ0) is 6.85. The van der Waals surface area contributed by atoms with Crippen LogP contribution in [0.15, 0.2) is 9.85 Å². The zero-order valence-corrected chi connectivity index (χ0v) is 7.25. The van der Waals surface area contributed by atoms with Crippen LogP contribution in [-0.2, 0) is 0 Å². The van der Waals surface area contributed by atoms with Crippen molar-refractivity contribution in [3.05, 3.63) is 20.3 Å². The van der Waals surface area contributed by atoms with E-state index in [2.05, 4.69) is 15.9 Å². The van der Waals surface area contributed by atoms with Gasteiger partial charge in [0.05, 0.1) is 3.79 Å². The average Bonchev–Trinajstić information content (AvgIpc) is 2.10. The lowest BCUT2D eigenvalue weighted by Crippen LogP contribution is -1.73. The fourth-order valence-electron chi connectivity index (χ4n) is 0.576. The van der Waals surface area contributed by atoms with Crippen molar-refractivity contribution in [2.24, 2.45) is 0 Å². The Hall–Kier alpha value is -0.150. The van der Waals surface area contributed by atoms with Crippen molar-refractivity contribution in [1.82, 2.24) is 0 Å². The normalized spacial score (nSPS) is 9.56. The lowest BCUT2D eigenvalue weighted by Gasteiger charge is -1.78. The first-order valence-corrected chi connectivity index (χ1v) is 4.06. The van der Waals surface area contributed by atoms with Crippen LogP contribution in [0.3, 0.4) is 0 Å². The molecule has 1 aromatic rings. The molecule has 0 amide bonds. The molecule has 0 N–H and O–H groups in total. The lowest BCUT2D eigenvalue weighted by atomic mass is 10.3. The number of thiophene rings is 1. The van der Waals surface area contributed by atoms with Gasteiger partial charge in [-0.15, -0.1) is 11.3 Å². The molecule has 1 aromatic heterocycles. The van der Waals surface area contributed by atoms with Gasteiger partial charge < -0.3 is 0 Å². The van der Waals surface area contributed by atoms with E-state index in [9.17, 15) is 4.79 Å². The first kappa shape index (κ1) is 6.96. The van der Waals surface area contributed by atoms with E-state index in [-0.39, 0.29) is 0 Å². The molecular weight excluding hydrogens is 200 g/mol. The Morgan fingerprint density at radius 3 is 2.67 bits per heavy atom. The maximum Gasteiger partial charge on any atom is 0.151 e. The minimum atomic E-state index is 0.784. The van der Waals surface area contributed by atoms with Gasteiger partial charge in [0.15, 0.2) is 6.29 Å². The average molecular weight is 205 g/mol. The number of hydrogen-bond donors (Lipinski definition) is 0. The zero-order valence-electron chi connectivity index (χ0n) is 4.85. The van der Waals surface area contributed by atoms with E-state index in [0.717, 1.165) is 20.5 Å². The number of hydrogen-bond acceptors (Lipinski definition) is 2. The summed E-state index contributed by atoms with van der Waals surface area (Å²) in [5, 5.41) is 0. The van der Waals surface area contributed by atoms with Gasteiger partial charge in [0, 0.05) is 10.4 Å². The van der Waals surface area contributed by atoms with Crippen molar-refractivity contribution in [2.75, 3.05) is 0 Å². The SMILES string of the molecule is Cc1sc(Br)cc1C=O. The van der Waals surface area contributed by atoms with E-state index >= 15 is 0 Å². The molecule has 9 heavy (non-hydrogen) atoms. The minimum Gasteiger partial charge on any atom is -0.298 e. The van der Waals surface area contributed by atoms with Crippen LogP contribution in [0, 0.1) is 6.92 Å². The first-order chi connectivity index (χ1) is 4.24. The summed E-state index contributed by atoms with van der Waals surface area (Å²) in [5.74, 6) is 0. The van der Waals surface area contributed by atoms with E-state index in [1.807, 2.05) is 13.0 Å². The van der Waals surface area contributed by atoms with Crippen molar-refractivity contribution in [3.8, 4) is 0 Å². The van der Waals surface area contributed by atoms with Gasteiger partial charge in [-0.1, -0.05) is 0 Å². The van der Waals surface area contributed by atoms with Gasteiger partial charge in [0.2, 0.25) is 0 Å². The van der Waals surface area contributed by atoms with Gasteiger partial charge in [0.1, 0.15) is 0 Å². The first-order valence-electron chi connectivity index (χ1n) is 2.45. The highest BCUT2D eigenvalue weighted by atomic mass is 79.9. The maximum absolute atomic E-state index is 10.2. The minimum absolute atomic E-state index is 0.784. The molecule has 0 radical (unpaired) electrons. The summed E-state index contributed by atoms with van der Waals surface area (Å²) in [6.45, 7) is 1.93. The molecule has 0 aliphatic heterocycles. The molecule has 0 fully saturated rings. The highest BCUT2D eigenvalue weighted by molar-refractivity contribution is 9.11. The standard InChI is InChI=1S/C6H5BrOS/c1-4-5(3-8)2-6(7)9-4/h2-3H,1H3. The van der Waals surface area contributed by atoms with Gasteiger partial charge in [-0.2, -0.15) is 0 Å². The summed E-state index contributed by atoms with van der Waals surface area (Å²) >= 11 is 4.86. The Bertz CT molecular complexity index is 229. The largest absolute Gasteiger partial charge is 0.298 e. The molecule has 0 atom stereocenters. The highest BCUT2D eigenvalue weighted by Crippen LogP contribution is 2.24. The van der Waals surface area contributed by atoms with Crippen LogP contribution in [-0.4, -0.2) is 6.29 Å². The van der Waals surface area contributed by atoms with Gasteiger partial charge in [-0.05, 0) is 28.9 Å². The molecule has 1 nitrogen and oxygen atoms in total. The van der Waals surface area contributed by atoms with E-state index in [0.29, 0.717) is 0 Å². The number of rotatable bonds is 1. The molecule has 0 saturated heterocycles. The quantitative estimate of drug-likeness (QED) is 0.644. The van der Waals surface area contributed by atoms with Crippen LogP contribution in [0.25, 0.3) is 0 Å². The molecule has 0 bridgehead atoms. The van der Waals surface area contributed by atoms with Crippen LogP contribution in [0.2, 0.25) is 0 Å². The van der Waals surface area contributed by atoms with Gasteiger partial charge in [-0.3, -0.25) is 4.79 Å². The molecule has 0 saturated carbocycles. The fraction of sp³-hybridized carbons (Fsp3) is 0.167. The molecule has 0 spiro atoms. The Balaban J connectivity index is 3.15. The second-order valence-corrected chi connectivity index (χ2v) is 4.32. The molecule has 3 heteroatoms. The second-order valence-electron chi connectivity index (χ2n) is 1.68. The molecule has 48 valence electrons. The number of aryl methyl sites for hydroxylation is 1. The summed E-state index contributed by atoms with van der Waals surface area (Å²) in [5.41, 5.74) is 0.784. The Labute approximate surface area is 65.8 Å². The summed E-state index contributed by atoms with van der Waals surface area (Å²) in [6, 6.07) is 1.83. The van der Waals surface area contributed by atoms with E-state index in [4.69, 9.17) is 0 Å². The van der Waals surface area contributed by atoms with Crippen molar-refractivity contribution in [2.45, 2.75) is 6.92 Å². The molecule has 0 aliphatic carbocycles. The van der Waals surface area contributed by atoms with Crippen LogP contribution >= 0.6 is 27.3 Å². The number of carbonyl (C=O) groups excluding carboxylic acids is 1. The predicted octanol–water partition coefficient (Wildman–Crippen LogP) is 2.63. The van der Waals surface area contributed by atoms with Gasteiger partial charge >= 0.3 is 0 Å². The van der Waals surface area contributed by atoms with Crippen LogP contribution < -0.4 is 0 Å². The van der Waals surface area contributed by atoms with Crippen LogP contribution in [0.5, 0.6) is 0 Å². The van der Waals surface area contributed by atoms with Gasteiger partial charge in [0.25, 0.3) is 0 Å². The molecule has 0 aromatic carbocycles. The molecular formula is C6H5BrOS. The van der Waals surface area contributed by atoms with Crippen molar-refractivity contribution >= 4 is 33.6 Å². The monoisotopic (exact) mass is 204 g/mol. The third-order valence-electron chi connectivity index (χ3n) is 1.05. The van der Waals surface area contributed by atoms with Crippen LogP contribution in [0.1, 0.15) is 15.2 Å². The number of carbonyl (C=O) groups is 1. The summed E-state index contributed by atoms with van der Waals surface area (Å²) in [7, 11) is 0. The number of halogens is 1. The third kappa shape index (κ3) is 1.40. The second kappa shape index (κ2) is 2.62. The molecule has 0 aliphatic rings. The molecule has 1 rings (SSSR count). The van der Waals surface area contributed by atoms with E-state index in [1.54, 1.807) is 11.3 Å². The predicted molar refractivity (Wildman–Crippen MR) is 42.1 cm³/mol. The Morgan fingerprint density at radius 2 is 2.44 bits per heavy atom. The Morgan fingerprint density at radius 1 is 1.78 bits per heavy atom. The van der Waals surface area contributed by atoms with E-state index < -0.39 is 0 Å². The Kier molecular flexibility index (Phi) is 2.03. The van der Waals surface area contributed by atoms with Crippen molar-refractivity contribution in [3.63, 3.8) is 0 Å².